The standard InChI is InChI=1S/C27H34N2O6/c1-6-28(7-2)16-17-29-23(20-10-9-11-21(33-4)26(20)34-5)22(25(31)27(29)32)24(30)18-12-14-19(15-13-18)35-8-3/h9-15,23,30H,6-8,16-17H2,1-5H3/b24-22+. The van der Waals surface area contributed by atoms with Crippen LogP contribution in [0.3, 0.4) is 0 Å². The van der Waals surface area contributed by atoms with Crippen molar-refractivity contribution in [2.75, 3.05) is 47.0 Å². The predicted molar refractivity (Wildman–Crippen MR) is 130 cm³/mol. The molecule has 0 aliphatic carbocycles. The van der Waals surface area contributed by atoms with Gasteiger partial charge in [-0.3, -0.25) is 9.59 Å². The SMILES string of the molecule is CCOc1ccc(/C([O-])=C2\C(=O)C(=O)N(CC[NH+](CC)CC)C2c2cccc(OC)c2OC)cc1. The van der Waals surface area contributed by atoms with E-state index in [1.807, 2.05) is 6.92 Å². The Morgan fingerprint density at radius 1 is 1.00 bits per heavy atom. The third kappa shape index (κ3) is 5.27. The average molecular weight is 483 g/mol. The quantitative estimate of drug-likeness (QED) is 0.295. The molecule has 1 amide bonds. The van der Waals surface area contributed by atoms with Gasteiger partial charge in [0.25, 0.3) is 5.91 Å². The van der Waals surface area contributed by atoms with Crippen molar-refractivity contribution < 1.29 is 33.8 Å². The van der Waals surface area contributed by atoms with Crippen LogP contribution in [-0.4, -0.2) is 63.6 Å². The van der Waals surface area contributed by atoms with Crippen molar-refractivity contribution >= 4 is 17.4 Å². The van der Waals surface area contributed by atoms with Gasteiger partial charge in [0.15, 0.2) is 11.5 Å². The number of nitrogens with one attached hydrogen (secondary N) is 1. The highest BCUT2D eigenvalue weighted by Crippen LogP contribution is 2.44. The van der Waals surface area contributed by atoms with E-state index >= 15 is 0 Å². The van der Waals surface area contributed by atoms with Gasteiger partial charge in [0.2, 0.25) is 5.78 Å². The fourth-order valence-electron chi connectivity index (χ4n) is 4.46. The van der Waals surface area contributed by atoms with Gasteiger partial charge < -0.3 is 29.1 Å². The van der Waals surface area contributed by atoms with Crippen LogP contribution in [0.15, 0.2) is 48.0 Å². The number of rotatable bonds is 11. The van der Waals surface area contributed by atoms with E-state index in [1.165, 1.54) is 24.0 Å². The van der Waals surface area contributed by atoms with Gasteiger partial charge in [0, 0.05) is 11.1 Å². The normalized spacial score (nSPS) is 17.2. The summed E-state index contributed by atoms with van der Waals surface area (Å²) in [7, 11) is 3.02. The number of likely N-dealkylation sites (tertiary alicyclic amines) is 1. The van der Waals surface area contributed by atoms with Crippen molar-refractivity contribution in [3.05, 3.63) is 59.2 Å². The average Bonchev–Trinajstić information content (AvgIpc) is 3.13. The van der Waals surface area contributed by atoms with Crippen molar-refractivity contribution in [3.8, 4) is 17.2 Å². The van der Waals surface area contributed by atoms with Gasteiger partial charge in [-0.25, -0.2) is 0 Å². The third-order valence-electron chi connectivity index (χ3n) is 6.39. The molecule has 1 aliphatic rings. The number of ketones is 1. The zero-order valence-corrected chi connectivity index (χ0v) is 21.1. The highest BCUT2D eigenvalue weighted by Gasteiger charge is 2.45. The molecule has 2 aromatic rings. The number of amides is 1. The molecule has 8 heteroatoms. The fraction of sp³-hybridized carbons (Fsp3) is 0.407. The third-order valence-corrected chi connectivity index (χ3v) is 6.39. The molecule has 35 heavy (non-hydrogen) atoms. The molecule has 0 radical (unpaired) electrons. The zero-order chi connectivity index (χ0) is 25.5. The number of Topliss-reactive ketones (excluding diaryl/α,β-unsaturated/α-hetero) is 1. The molecule has 1 heterocycles. The molecule has 1 fully saturated rings. The van der Waals surface area contributed by atoms with Gasteiger partial charge in [-0.05, 0) is 44.5 Å². The second kappa shape index (κ2) is 11.8. The molecular formula is C27H34N2O6. The maximum absolute atomic E-state index is 13.7. The molecule has 0 bridgehead atoms. The Kier molecular flexibility index (Phi) is 8.76. The number of benzene rings is 2. The largest absolute Gasteiger partial charge is 0.872 e. The summed E-state index contributed by atoms with van der Waals surface area (Å²) < 4.78 is 16.5. The number of likely N-dealkylation sites (N-methyl/N-ethyl adjacent to an activating group) is 1. The first-order valence-corrected chi connectivity index (χ1v) is 12.0. The lowest BCUT2D eigenvalue weighted by Gasteiger charge is -2.29. The second-order valence-corrected chi connectivity index (χ2v) is 8.22. The predicted octanol–water partition coefficient (Wildman–Crippen LogP) is 1.25. The van der Waals surface area contributed by atoms with Crippen LogP contribution in [0.2, 0.25) is 0 Å². The summed E-state index contributed by atoms with van der Waals surface area (Å²) in [5.41, 5.74) is 0.767. The molecule has 2 aromatic carbocycles. The lowest BCUT2D eigenvalue weighted by Crippen LogP contribution is -3.12. The van der Waals surface area contributed by atoms with Crippen LogP contribution in [-0.2, 0) is 9.59 Å². The minimum Gasteiger partial charge on any atom is -0.872 e. The molecule has 1 saturated heterocycles. The van der Waals surface area contributed by atoms with Crippen molar-refractivity contribution in [2.24, 2.45) is 0 Å². The molecule has 3 rings (SSSR count). The zero-order valence-electron chi connectivity index (χ0n) is 21.1. The summed E-state index contributed by atoms with van der Waals surface area (Å²) in [6.07, 6.45) is 0. The van der Waals surface area contributed by atoms with Gasteiger partial charge in [-0.1, -0.05) is 30.0 Å². The number of carbonyl (C=O) groups is 2. The number of hydrogen-bond acceptors (Lipinski definition) is 6. The van der Waals surface area contributed by atoms with E-state index in [2.05, 4.69) is 13.8 Å². The summed E-state index contributed by atoms with van der Waals surface area (Å²) >= 11 is 0. The number of quaternary nitrogens is 1. The van der Waals surface area contributed by atoms with E-state index < -0.39 is 23.5 Å². The molecule has 1 unspecified atom stereocenters. The molecule has 0 saturated carbocycles. The number of para-hydroxylation sites is 1. The number of ether oxygens (including phenoxy) is 3. The Hall–Kier alpha value is -3.52. The lowest BCUT2D eigenvalue weighted by molar-refractivity contribution is -0.895. The van der Waals surface area contributed by atoms with E-state index in [0.29, 0.717) is 48.1 Å². The summed E-state index contributed by atoms with van der Waals surface area (Å²) in [5, 5.41) is 13.7. The molecule has 1 N–H and O–H groups in total. The van der Waals surface area contributed by atoms with Gasteiger partial charge in [0.05, 0.1) is 53.0 Å². The summed E-state index contributed by atoms with van der Waals surface area (Å²) in [5.74, 6) is -0.482. The monoisotopic (exact) mass is 482 g/mol. The van der Waals surface area contributed by atoms with E-state index in [1.54, 1.807) is 42.5 Å². The maximum atomic E-state index is 13.7. The number of carbonyl (C=O) groups excluding carboxylic acids is 2. The Morgan fingerprint density at radius 2 is 1.69 bits per heavy atom. The summed E-state index contributed by atoms with van der Waals surface area (Å²) in [4.78, 5) is 29.3. The Labute approximate surface area is 206 Å². The lowest BCUT2D eigenvalue weighted by atomic mass is 9.94. The molecule has 0 spiro atoms. The minimum atomic E-state index is -0.880. The molecule has 188 valence electrons. The van der Waals surface area contributed by atoms with Crippen LogP contribution in [0.1, 0.15) is 37.9 Å². The topological polar surface area (TPSA) is 92.6 Å². The van der Waals surface area contributed by atoms with E-state index in [0.717, 1.165) is 13.1 Å². The number of hydrogen-bond donors (Lipinski definition) is 1. The van der Waals surface area contributed by atoms with Gasteiger partial charge in [-0.2, -0.15) is 0 Å². The first kappa shape index (κ1) is 26.1. The first-order chi connectivity index (χ1) is 16.9. The van der Waals surface area contributed by atoms with Crippen LogP contribution in [0.4, 0.5) is 0 Å². The summed E-state index contributed by atoms with van der Waals surface area (Å²) in [6.45, 7) is 9.28. The van der Waals surface area contributed by atoms with E-state index in [-0.39, 0.29) is 5.57 Å². The number of methoxy groups -OCH3 is 2. The van der Waals surface area contributed by atoms with Crippen molar-refractivity contribution in [1.82, 2.24) is 4.90 Å². The first-order valence-electron chi connectivity index (χ1n) is 12.0. The molecular weight excluding hydrogens is 448 g/mol. The van der Waals surface area contributed by atoms with Gasteiger partial charge in [-0.15, -0.1) is 0 Å². The smallest absolute Gasteiger partial charge is 0.295 e. The summed E-state index contributed by atoms with van der Waals surface area (Å²) in [6, 6.07) is 11.0. The Morgan fingerprint density at radius 3 is 2.26 bits per heavy atom. The van der Waals surface area contributed by atoms with Crippen LogP contribution in [0.5, 0.6) is 17.2 Å². The molecule has 0 aromatic heterocycles. The number of nitrogens with zero attached hydrogens (tertiary/aromatic N) is 1. The Balaban J connectivity index is 2.16. The highest BCUT2D eigenvalue weighted by atomic mass is 16.5. The van der Waals surface area contributed by atoms with Crippen LogP contribution >= 0.6 is 0 Å². The van der Waals surface area contributed by atoms with Gasteiger partial charge >= 0.3 is 0 Å². The van der Waals surface area contributed by atoms with E-state index in [4.69, 9.17) is 14.2 Å². The minimum absolute atomic E-state index is 0.0831. The molecule has 8 nitrogen and oxygen atoms in total. The van der Waals surface area contributed by atoms with Crippen molar-refractivity contribution in [2.45, 2.75) is 26.8 Å². The van der Waals surface area contributed by atoms with E-state index in [9.17, 15) is 14.7 Å². The Bertz CT molecular complexity index is 1080. The van der Waals surface area contributed by atoms with Crippen LogP contribution in [0.25, 0.3) is 5.76 Å². The van der Waals surface area contributed by atoms with Gasteiger partial charge in [0.1, 0.15) is 5.75 Å². The fourth-order valence-corrected chi connectivity index (χ4v) is 4.46. The van der Waals surface area contributed by atoms with Crippen molar-refractivity contribution in [3.63, 3.8) is 0 Å². The maximum Gasteiger partial charge on any atom is 0.295 e. The van der Waals surface area contributed by atoms with Crippen LogP contribution < -0.4 is 24.2 Å². The molecule has 1 aliphatic heterocycles. The molecule has 1 atom stereocenters. The second-order valence-electron chi connectivity index (χ2n) is 8.22. The highest BCUT2D eigenvalue weighted by molar-refractivity contribution is 6.46. The van der Waals surface area contributed by atoms with Crippen molar-refractivity contribution in [1.29, 1.82) is 0 Å². The van der Waals surface area contributed by atoms with Crippen LogP contribution in [0, 0.1) is 0 Å².